The van der Waals surface area contributed by atoms with Crippen molar-refractivity contribution >= 4 is 0 Å². The van der Waals surface area contributed by atoms with Crippen LogP contribution in [0.3, 0.4) is 0 Å². The lowest BCUT2D eigenvalue weighted by Gasteiger charge is -2.49. The molecule has 0 aromatic heterocycles. The molecule has 20 heavy (non-hydrogen) atoms. The minimum atomic E-state index is 0.690. The Morgan fingerprint density at radius 2 is 1.70 bits per heavy atom. The quantitative estimate of drug-likeness (QED) is 0.817. The molecule has 1 aliphatic heterocycles. The monoisotopic (exact) mass is 280 g/mol. The van der Waals surface area contributed by atoms with Gasteiger partial charge in [-0.1, -0.05) is 47.0 Å². The fraction of sp³-hybridized carbons (Fsp3) is 1.00. The molecular formula is C18H36N2. The number of hydrogen-bond donors (Lipinski definition) is 1. The number of piperazine rings is 1. The van der Waals surface area contributed by atoms with Crippen LogP contribution in [0.2, 0.25) is 0 Å². The van der Waals surface area contributed by atoms with E-state index in [0.29, 0.717) is 6.04 Å². The van der Waals surface area contributed by atoms with E-state index in [2.05, 4.69) is 37.9 Å². The molecule has 2 heteroatoms. The second kappa shape index (κ2) is 7.79. The smallest absolute Gasteiger partial charge is 0.0252 e. The zero-order chi connectivity index (χ0) is 14.5. The molecular weight excluding hydrogens is 244 g/mol. The van der Waals surface area contributed by atoms with E-state index in [4.69, 9.17) is 0 Å². The summed E-state index contributed by atoms with van der Waals surface area (Å²) in [6.07, 6.45) is 9.95. The van der Waals surface area contributed by atoms with E-state index in [0.717, 1.165) is 23.9 Å². The van der Waals surface area contributed by atoms with Gasteiger partial charge in [-0.25, -0.2) is 0 Å². The highest BCUT2D eigenvalue weighted by Gasteiger charge is 2.37. The Balaban J connectivity index is 2.07. The van der Waals surface area contributed by atoms with Crippen molar-refractivity contribution in [1.82, 2.24) is 10.2 Å². The van der Waals surface area contributed by atoms with Gasteiger partial charge < -0.3 is 5.32 Å². The van der Waals surface area contributed by atoms with Crippen LogP contribution in [-0.2, 0) is 0 Å². The van der Waals surface area contributed by atoms with Crippen LogP contribution in [0.5, 0.6) is 0 Å². The van der Waals surface area contributed by atoms with Gasteiger partial charge in [0.05, 0.1) is 0 Å². The van der Waals surface area contributed by atoms with Gasteiger partial charge in [-0.2, -0.15) is 0 Å². The van der Waals surface area contributed by atoms with Crippen LogP contribution >= 0.6 is 0 Å². The van der Waals surface area contributed by atoms with Crippen molar-refractivity contribution < 1.29 is 0 Å². The Morgan fingerprint density at radius 1 is 1.05 bits per heavy atom. The third kappa shape index (κ3) is 3.76. The van der Waals surface area contributed by atoms with E-state index in [1.54, 1.807) is 0 Å². The number of hydrogen-bond acceptors (Lipinski definition) is 2. The molecule has 2 fully saturated rings. The van der Waals surface area contributed by atoms with Crippen molar-refractivity contribution in [3.05, 3.63) is 0 Å². The summed E-state index contributed by atoms with van der Waals surface area (Å²) in [6.45, 7) is 12.0. The minimum Gasteiger partial charge on any atom is -0.311 e. The number of nitrogens with zero attached hydrogens (tertiary/aromatic N) is 1. The summed E-state index contributed by atoms with van der Waals surface area (Å²) in [5.41, 5.74) is 0. The maximum atomic E-state index is 3.86. The Labute approximate surface area is 126 Å². The Morgan fingerprint density at radius 3 is 2.25 bits per heavy atom. The summed E-state index contributed by atoms with van der Waals surface area (Å²) < 4.78 is 0. The van der Waals surface area contributed by atoms with Crippen LogP contribution in [0.25, 0.3) is 0 Å². The maximum absolute atomic E-state index is 3.86. The molecule has 0 aromatic rings. The molecule has 0 amide bonds. The molecule has 0 radical (unpaired) electrons. The van der Waals surface area contributed by atoms with Crippen molar-refractivity contribution in [3.8, 4) is 0 Å². The van der Waals surface area contributed by atoms with Crippen molar-refractivity contribution in [2.45, 2.75) is 90.8 Å². The zero-order valence-corrected chi connectivity index (χ0v) is 14.2. The van der Waals surface area contributed by atoms with Gasteiger partial charge >= 0.3 is 0 Å². The lowest BCUT2D eigenvalue weighted by atomic mass is 9.80. The van der Waals surface area contributed by atoms with Gasteiger partial charge in [0.25, 0.3) is 0 Å². The van der Waals surface area contributed by atoms with E-state index < -0.39 is 0 Å². The van der Waals surface area contributed by atoms with Crippen LogP contribution in [-0.4, -0.2) is 36.1 Å². The summed E-state index contributed by atoms with van der Waals surface area (Å²) in [7, 11) is 0. The van der Waals surface area contributed by atoms with Crippen LogP contribution in [0, 0.1) is 11.8 Å². The maximum Gasteiger partial charge on any atom is 0.0252 e. The van der Waals surface area contributed by atoms with Crippen molar-refractivity contribution in [2.24, 2.45) is 11.8 Å². The van der Waals surface area contributed by atoms with Crippen LogP contribution < -0.4 is 5.32 Å². The lowest BCUT2D eigenvalue weighted by molar-refractivity contribution is 0.0239. The predicted octanol–water partition coefficient (Wildman–Crippen LogP) is 4.05. The highest BCUT2D eigenvalue weighted by molar-refractivity contribution is 4.94. The van der Waals surface area contributed by atoms with Gasteiger partial charge in [0.15, 0.2) is 0 Å². The molecule has 1 saturated carbocycles. The molecule has 118 valence electrons. The fourth-order valence-corrected chi connectivity index (χ4v) is 4.40. The highest BCUT2D eigenvalue weighted by Crippen LogP contribution is 2.32. The van der Waals surface area contributed by atoms with E-state index in [9.17, 15) is 0 Å². The molecule has 1 heterocycles. The summed E-state index contributed by atoms with van der Waals surface area (Å²) >= 11 is 0. The van der Waals surface area contributed by atoms with Gasteiger partial charge in [0.1, 0.15) is 0 Å². The molecule has 0 spiro atoms. The predicted molar refractivity (Wildman–Crippen MR) is 88.1 cm³/mol. The van der Waals surface area contributed by atoms with E-state index >= 15 is 0 Å². The Bertz CT molecular complexity index is 267. The standard InChI is InChI=1S/C18H36N2/c1-5-16(6-2)20-13-17(14(3)4)19-12-18(20)15-10-8-7-9-11-15/h14-19H,5-13H2,1-4H3. The molecule has 1 saturated heterocycles. The first-order valence-electron chi connectivity index (χ1n) is 9.16. The summed E-state index contributed by atoms with van der Waals surface area (Å²) in [6, 6.07) is 2.29. The topological polar surface area (TPSA) is 15.3 Å². The SMILES string of the molecule is CCC(CC)N1CC(C(C)C)NCC1C1CCCCC1. The van der Waals surface area contributed by atoms with Gasteiger partial charge in [-0.3, -0.25) is 4.90 Å². The van der Waals surface area contributed by atoms with Gasteiger partial charge in [0, 0.05) is 31.2 Å². The first-order chi connectivity index (χ1) is 9.67. The fourth-order valence-electron chi connectivity index (χ4n) is 4.40. The molecule has 0 bridgehead atoms. The van der Waals surface area contributed by atoms with Crippen LogP contribution in [0.1, 0.15) is 72.6 Å². The summed E-state index contributed by atoms with van der Waals surface area (Å²) in [4.78, 5) is 2.90. The minimum absolute atomic E-state index is 0.690. The largest absolute Gasteiger partial charge is 0.311 e. The second-order valence-corrected chi connectivity index (χ2v) is 7.39. The molecule has 2 aliphatic rings. The van der Waals surface area contributed by atoms with Crippen molar-refractivity contribution in [2.75, 3.05) is 13.1 Å². The van der Waals surface area contributed by atoms with Gasteiger partial charge in [-0.15, -0.1) is 0 Å². The lowest BCUT2D eigenvalue weighted by Crippen LogP contribution is -2.62. The summed E-state index contributed by atoms with van der Waals surface area (Å²) in [5.74, 6) is 1.70. The van der Waals surface area contributed by atoms with Crippen molar-refractivity contribution in [1.29, 1.82) is 0 Å². The normalized spacial score (nSPS) is 30.3. The second-order valence-electron chi connectivity index (χ2n) is 7.39. The van der Waals surface area contributed by atoms with E-state index in [-0.39, 0.29) is 0 Å². The average Bonchev–Trinajstić information content (AvgIpc) is 2.49. The first kappa shape index (κ1) is 16.3. The molecule has 2 rings (SSSR count). The van der Waals surface area contributed by atoms with Crippen LogP contribution in [0.15, 0.2) is 0 Å². The molecule has 2 atom stereocenters. The third-order valence-electron chi connectivity index (χ3n) is 5.83. The van der Waals surface area contributed by atoms with Crippen molar-refractivity contribution in [3.63, 3.8) is 0 Å². The first-order valence-corrected chi connectivity index (χ1v) is 9.16. The number of rotatable bonds is 5. The van der Waals surface area contributed by atoms with E-state index in [1.807, 2.05) is 0 Å². The average molecular weight is 281 g/mol. The molecule has 1 aliphatic carbocycles. The van der Waals surface area contributed by atoms with Gasteiger partial charge in [-0.05, 0) is 37.5 Å². The Kier molecular flexibility index (Phi) is 6.35. The number of nitrogens with one attached hydrogen (secondary N) is 1. The van der Waals surface area contributed by atoms with Crippen LogP contribution in [0.4, 0.5) is 0 Å². The zero-order valence-electron chi connectivity index (χ0n) is 14.2. The highest BCUT2D eigenvalue weighted by atomic mass is 15.3. The molecule has 0 aromatic carbocycles. The van der Waals surface area contributed by atoms with Gasteiger partial charge in [0.2, 0.25) is 0 Å². The third-order valence-corrected chi connectivity index (χ3v) is 5.83. The van der Waals surface area contributed by atoms with E-state index in [1.165, 1.54) is 58.0 Å². The molecule has 2 unspecified atom stereocenters. The summed E-state index contributed by atoms with van der Waals surface area (Å²) in [5, 5.41) is 3.86. The molecule has 2 nitrogen and oxygen atoms in total. The molecule has 1 N–H and O–H groups in total. The Hall–Kier alpha value is -0.0800.